The Balaban J connectivity index is 2.17. The Morgan fingerprint density at radius 3 is 2.24 bits per heavy atom. The fraction of sp³-hybridized carbons (Fsp3) is 0.692. The van der Waals surface area contributed by atoms with Crippen molar-refractivity contribution in [3.63, 3.8) is 0 Å². The lowest BCUT2D eigenvalue weighted by Gasteiger charge is -2.32. The van der Waals surface area contributed by atoms with Crippen molar-refractivity contribution in [3.05, 3.63) is 23.4 Å². The molecule has 4 heteroatoms. The average molecular weight is 235 g/mol. The number of hydrogen-bond acceptors (Lipinski definition) is 3. The van der Waals surface area contributed by atoms with E-state index in [1.165, 1.54) is 5.57 Å². The van der Waals surface area contributed by atoms with Crippen LogP contribution in [0.5, 0.6) is 0 Å². The predicted octanol–water partition coefficient (Wildman–Crippen LogP) is 2.64. The molecule has 2 aliphatic rings. The van der Waals surface area contributed by atoms with Gasteiger partial charge in [-0.25, -0.2) is 0 Å². The van der Waals surface area contributed by atoms with E-state index in [0.29, 0.717) is 0 Å². The van der Waals surface area contributed by atoms with Gasteiger partial charge >= 0.3 is 7.12 Å². The van der Waals surface area contributed by atoms with E-state index in [0.717, 1.165) is 12.1 Å². The van der Waals surface area contributed by atoms with Crippen LogP contribution >= 0.6 is 0 Å². The fourth-order valence-electron chi connectivity index (χ4n) is 2.21. The zero-order valence-electron chi connectivity index (χ0n) is 11.4. The molecule has 0 amide bonds. The molecule has 1 atom stereocenters. The Morgan fingerprint density at radius 1 is 1.18 bits per heavy atom. The first-order valence-electron chi connectivity index (χ1n) is 6.21. The van der Waals surface area contributed by atoms with Crippen molar-refractivity contribution in [2.75, 3.05) is 0 Å². The average Bonchev–Trinajstić information content (AvgIpc) is 2.40. The zero-order valence-corrected chi connectivity index (χ0v) is 11.4. The minimum atomic E-state index is -0.270. The summed E-state index contributed by atoms with van der Waals surface area (Å²) in [6, 6.07) is 0. The molecule has 94 valence electrons. The molecule has 0 saturated carbocycles. The highest BCUT2D eigenvalue weighted by Gasteiger charge is 2.54. The van der Waals surface area contributed by atoms with E-state index < -0.39 is 0 Å². The lowest BCUT2D eigenvalue weighted by molar-refractivity contribution is 0.00578. The molecule has 3 nitrogen and oxygen atoms in total. The van der Waals surface area contributed by atoms with E-state index in [9.17, 15) is 0 Å². The van der Waals surface area contributed by atoms with Crippen LogP contribution in [0.1, 0.15) is 41.0 Å². The quantitative estimate of drug-likeness (QED) is 0.710. The van der Waals surface area contributed by atoms with Crippen LogP contribution in [0.2, 0.25) is 5.82 Å². The molecule has 1 aliphatic heterocycles. The standard InChI is InChI=1S/C13H22BNO2/c1-9-6-7-10(15)8-11(9)14-16-12(2,3)13(4,5)17-14/h6-7,11H,8,15H2,1-5H3. The van der Waals surface area contributed by atoms with Crippen LogP contribution in [0.25, 0.3) is 0 Å². The second-order valence-electron chi connectivity index (χ2n) is 6.09. The molecular formula is C13H22BNO2. The second kappa shape index (κ2) is 3.89. The van der Waals surface area contributed by atoms with Gasteiger partial charge in [-0.3, -0.25) is 0 Å². The van der Waals surface area contributed by atoms with Crippen LogP contribution in [-0.4, -0.2) is 18.3 Å². The van der Waals surface area contributed by atoms with E-state index in [1.807, 2.05) is 6.08 Å². The third-order valence-corrected chi connectivity index (χ3v) is 4.20. The molecule has 2 rings (SSSR count). The molecule has 0 radical (unpaired) electrons. The first-order valence-corrected chi connectivity index (χ1v) is 6.21. The molecule has 17 heavy (non-hydrogen) atoms. The minimum absolute atomic E-state index is 0.191. The molecule has 0 aromatic heterocycles. The summed E-state index contributed by atoms with van der Waals surface area (Å²) in [5.41, 5.74) is 7.53. The molecule has 0 aromatic carbocycles. The molecule has 0 spiro atoms. The highest BCUT2D eigenvalue weighted by atomic mass is 16.7. The van der Waals surface area contributed by atoms with Gasteiger partial charge in [0.1, 0.15) is 0 Å². The van der Waals surface area contributed by atoms with Gasteiger partial charge in [-0.2, -0.15) is 0 Å². The smallest absolute Gasteiger partial charge is 0.403 e. The summed E-state index contributed by atoms with van der Waals surface area (Å²) < 4.78 is 12.2. The van der Waals surface area contributed by atoms with Crippen molar-refractivity contribution < 1.29 is 9.31 Å². The monoisotopic (exact) mass is 235 g/mol. The molecular weight excluding hydrogens is 213 g/mol. The van der Waals surface area contributed by atoms with Crippen LogP contribution in [-0.2, 0) is 9.31 Å². The maximum atomic E-state index is 6.08. The van der Waals surface area contributed by atoms with Gasteiger partial charge in [0.2, 0.25) is 0 Å². The summed E-state index contributed by atoms with van der Waals surface area (Å²) in [7, 11) is -0.191. The minimum Gasteiger partial charge on any atom is -0.403 e. The lowest BCUT2D eigenvalue weighted by Crippen LogP contribution is -2.41. The van der Waals surface area contributed by atoms with Crippen LogP contribution in [0.15, 0.2) is 23.4 Å². The van der Waals surface area contributed by atoms with E-state index in [1.54, 1.807) is 0 Å². The Morgan fingerprint density at radius 2 is 1.71 bits per heavy atom. The SMILES string of the molecule is CC1=CC=C(N)CC1B1OC(C)(C)C(C)(C)O1. The summed E-state index contributed by atoms with van der Waals surface area (Å²) in [6.45, 7) is 10.4. The van der Waals surface area contributed by atoms with Crippen LogP contribution in [0, 0.1) is 0 Å². The Kier molecular flexibility index (Phi) is 2.91. The molecule has 1 heterocycles. The van der Waals surface area contributed by atoms with E-state index >= 15 is 0 Å². The van der Waals surface area contributed by atoms with Crippen molar-refractivity contribution in [2.24, 2.45) is 5.73 Å². The second-order valence-corrected chi connectivity index (χ2v) is 6.09. The zero-order chi connectivity index (χ0) is 12.8. The van der Waals surface area contributed by atoms with Crippen LogP contribution in [0.4, 0.5) is 0 Å². The predicted molar refractivity (Wildman–Crippen MR) is 70.5 cm³/mol. The van der Waals surface area contributed by atoms with E-state index in [2.05, 4.69) is 40.7 Å². The first kappa shape index (κ1) is 12.7. The number of rotatable bonds is 1. The normalized spacial score (nSPS) is 31.1. The van der Waals surface area contributed by atoms with Gasteiger partial charge in [-0.05, 0) is 47.1 Å². The van der Waals surface area contributed by atoms with Gasteiger partial charge in [0.15, 0.2) is 0 Å². The highest BCUT2D eigenvalue weighted by molar-refractivity contribution is 6.48. The number of nitrogens with two attached hydrogens (primary N) is 1. The van der Waals surface area contributed by atoms with Crippen molar-refractivity contribution >= 4 is 7.12 Å². The third kappa shape index (κ3) is 2.16. The van der Waals surface area contributed by atoms with E-state index in [-0.39, 0.29) is 24.1 Å². The molecule has 2 N–H and O–H groups in total. The Bertz CT molecular complexity index is 369. The van der Waals surface area contributed by atoms with Crippen molar-refractivity contribution in [1.82, 2.24) is 0 Å². The lowest BCUT2D eigenvalue weighted by atomic mass is 9.64. The van der Waals surface area contributed by atoms with Crippen molar-refractivity contribution in [3.8, 4) is 0 Å². The summed E-state index contributed by atoms with van der Waals surface area (Å²) in [5.74, 6) is 0.237. The van der Waals surface area contributed by atoms with Crippen LogP contribution < -0.4 is 5.73 Å². The summed E-state index contributed by atoms with van der Waals surface area (Å²) >= 11 is 0. The molecule has 0 bridgehead atoms. The summed E-state index contributed by atoms with van der Waals surface area (Å²) in [4.78, 5) is 0. The van der Waals surface area contributed by atoms with Crippen molar-refractivity contribution in [2.45, 2.75) is 58.1 Å². The Hall–Kier alpha value is -0.735. The van der Waals surface area contributed by atoms with Crippen LogP contribution in [0.3, 0.4) is 0 Å². The number of hydrogen-bond donors (Lipinski definition) is 1. The summed E-state index contributed by atoms with van der Waals surface area (Å²) in [6.07, 6.45) is 4.85. The molecule has 1 aliphatic carbocycles. The number of allylic oxidation sites excluding steroid dienone is 4. The third-order valence-electron chi connectivity index (χ3n) is 4.20. The molecule has 0 aromatic rings. The topological polar surface area (TPSA) is 44.5 Å². The maximum Gasteiger partial charge on any atom is 0.465 e. The Labute approximate surface area is 104 Å². The van der Waals surface area contributed by atoms with Gasteiger partial charge in [0.25, 0.3) is 0 Å². The van der Waals surface area contributed by atoms with Gasteiger partial charge in [-0.15, -0.1) is 0 Å². The molecule has 1 unspecified atom stereocenters. The van der Waals surface area contributed by atoms with Gasteiger partial charge in [0, 0.05) is 11.5 Å². The van der Waals surface area contributed by atoms with E-state index in [4.69, 9.17) is 15.0 Å². The maximum absolute atomic E-state index is 6.08. The molecule has 1 fully saturated rings. The molecule has 1 saturated heterocycles. The van der Waals surface area contributed by atoms with Gasteiger partial charge < -0.3 is 15.0 Å². The fourth-order valence-corrected chi connectivity index (χ4v) is 2.21. The first-order chi connectivity index (χ1) is 7.73. The summed E-state index contributed by atoms with van der Waals surface area (Å²) in [5, 5.41) is 0. The van der Waals surface area contributed by atoms with Crippen molar-refractivity contribution in [1.29, 1.82) is 0 Å². The van der Waals surface area contributed by atoms with Gasteiger partial charge in [0.05, 0.1) is 11.2 Å². The largest absolute Gasteiger partial charge is 0.465 e. The highest BCUT2D eigenvalue weighted by Crippen LogP contribution is 2.44. The van der Waals surface area contributed by atoms with Gasteiger partial charge in [-0.1, -0.05) is 11.6 Å².